The highest BCUT2D eigenvalue weighted by Gasteiger charge is 2.53. The monoisotopic (exact) mass is 465 g/mol. The third-order valence-corrected chi connectivity index (χ3v) is 5.97. The number of likely N-dealkylation sites (tertiary alicyclic amines) is 1. The fourth-order valence-corrected chi connectivity index (χ4v) is 3.38. The van der Waals surface area contributed by atoms with Gasteiger partial charge in [0, 0.05) is 63.7 Å². The van der Waals surface area contributed by atoms with Crippen LogP contribution in [0.5, 0.6) is 0 Å². The van der Waals surface area contributed by atoms with Gasteiger partial charge in [-0.2, -0.15) is 0 Å². The summed E-state index contributed by atoms with van der Waals surface area (Å²) in [5, 5.41) is 3.44. The lowest BCUT2D eigenvalue weighted by atomic mass is 9.65. The molecular weight excluding hydrogens is 429 g/mol. The molecule has 2 heterocycles. The largest absolute Gasteiger partial charge is 0.356 e. The first-order valence-electron chi connectivity index (χ1n) is 9.23. The van der Waals surface area contributed by atoms with Crippen molar-refractivity contribution in [2.75, 3.05) is 52.4 Å². The molecule has 0 radical (unpaired) electrons. The van der Waals surface area contributed by atoms with Crippen molar-refractivity contribution >= 4 is 35.8 Å². The molecule has 0 aliphatic carbocycles. The lowest BCUT2D eigenvalue weighted by Gasteiger charge is -2.62. The van der Waals surface area contributed by atoms with Crippen LogP contribution in [0.2, 0.25) is 0 Å². The van der Waals surface area contributed by atoms with Gasteiger partial charge in [-0.1, -0.05) is 13.8 Å². The maximum atomic E-state index is 11.4. The standard InChI is InChI=1S/C18H35N5O.HI/c1-7-19-16(23-14-17(3,4)18(23,5)6)20-8-9-21-10-12-22(13-11-21)15(2)24;/h7-14H2,1-6H3,(H,19,20);1H. The minimum Gasteiger partial charge on any atom is -0.356 e. The molecule has 0 saturated carbocycles. The van der Waals surface area contributed by atoms with E-state index < -0.39 is 0 Å². The summed E-state index contributed by atoms with van der Waals surface area (Å²) in [5.74, 6) is 1.22. The van der Waals surface area contributed by atoms with Gasteiger partial charge < -0.3 is 15.1 Å². The number of aliphatic imine (C=N–C) groups is 1. The number of hydrogen-bond acceptors (Lipinski definition) is 3. The molecule has 2 rings (SSSR count). The fraction of sp³-hybridized carbons (Fsp3) is 0.889. The van der Waals surface area contributed by atoms with Crippen LogP contribution in [0.4, 0.5) is 0 Å². The van der Waals surface area contributed by atoms with E-state index in [0.29, 0.717) is 5.41 Å². The molecule has 146 valence electrons. The fourth-order valence-electron chi connectivity index (χ4n) is 3.38. The highest BCUT2D eigenvalue weighted by atomic mass is 127. The van der Waals surface area contributed by atoms with Gasteiger partial charge in [-0.25, -0.2) is 0 Å². The summed E-state index contributed by atoms with van der Waals surface area (Å²) in [6.07, 6.45) is 0. The first kappa shape index (κ1) is 22.5. The van der Waals surface area contributed by atoms with Crippen molar-refractivity contribution in [1.82, 2.24) is 20.0 Å². The zero-order valence-electron chi connectivity index (χ0n) is 16.8. The minimum atomic E-state index is 0. The quantitative estimate of drug-likeness (QED) is 0.391. The van der Waals surface area contributed by atoms with Gasteiger partial charge in [-0.15, -0.1) is 24.0 Å². The number of carbonyl (C=O) groups excluding carboxylic acids is 1. The normalized spacial score (nSPS) is 22.9. The summed E-state index contributed by atoms with van der Waals surface area (Å²) in [4.78, 5) is 23.0. The number of carbonyl (C=O) groups is 1. The predicted molar refractivity (Wildman–Crippen MR) is 115 cm³/mol. The second kappa shape index (κ2) is 8.88. The van der Waals surface area contributed by atoms with Gasteiger partial charge in [-0.05, 0) is 20.8 Å². The van der Waals surface area contributed by atoms with Crippen molar-refractivity contribution in [2.24, 2.45) is 10.4 Å². The van der Waals surface area contributed by atoms with Crippen LogP contribution in [-0.2, 0) is 4.79 Å². The van der Waals surface area contributed by atoms with Gasteiger partial charge in [0.15, 0.2) is 5.96 Å². The Balaban J connectivity index is 0.00000312. The van der Waals surface area contributed by atoms with Crippen LogP contribution in [0.15, 0.2) is 4.99 Å². The van der Waals surface area contributed by atoms with Crippen molar-refractivity contribution < 1.29 is 4.79 Å². The zero-order valence-corrected chi connectivity index (χ0v) is 19.1. The van der Waals surface area contributed by atoms with E-state index in [-0.39, 0.29) is 35.4 Å². The van der Waals surface area contributed by atoms with E-state index >= 15 is 0 Å². The van der Waals surface area contributed by atoms with Crippen LogP contribution in [-0.4, -0.2) is 84.5 Å². The van der Waals surface area contributed by atoms with E-state index in [1.54, 1.807) is 6.92 Å². The topological polar surface area (TPSA) is 51.2 Å². The number of nitrogens with zero attached hydrogens (tertiary/aromatic N) is 4. The maximum Gasteiger partial charge on any atom is 0.219 e. The molecule has 1 N–H and O–H groups in total. The third-order valence-electron chi connectivity index (χ3n) is 5.97. The van der Waals surface area contributed by atoms with Gasteiger partial charge in [-0.3, -0.25) is 14.7 Å². The summed E-state index contributed by atoms with van der Waals surface area (Å²) < 4.78 is 0. The molecule has 2 saturated heterocycles. The number of hydrogen-bond donors (Lipinski definition) is 1. The van der Waals surface area contributed by atoms with E-state index in [1.807, 2.05) is 4.90 Å². The smallest absolute Gasteiger partial charge is 0.219 e. The number of nitrogens with one attached hydrogen (secondary N) is 1. The van der Waals surface area contributed by atoms with Crippen LogP contribution in [0, 0.1) is 5.41 Å². The lowest BCUT2D eigenvalue weighted by Crippen LogP contribution is -2.72. The van der Waals surface area contributed by atoms with Gasteiger partial charge >= 0.3 is 0 Å². The van der Waals surface area contributed by atoms with E-state index in [9.17, 15) is 4.79 Å². The van der Waals surface area contributed by atoms with Crippen LogP contribution < -0.4 is 5.32 Å². The molecule has 2 fully saturated rings. The van der Waals surface area contributed by atoms with Crippen LogP contribution in [0.3, 0.4) is 0 Å². The molecule has 25 heavy (non-hydrogen) atoms. The van der Waals surface area contributed by atoms with Crippen molar-refractivity contribution in [3.05, 3.63) is 0 Å². The van der Waals surface area contributed by atoms with Crippen molar-refractivity contribution in [2.45, 2.75) is 47.1 Å². The number of guanidine groups is 1. The Hall–Kier alpha value is -0.570. The molecule has 0 atom stereocenters. The van der Waals surface area contributed by atoms with Gasteiger partial charge in [0.2, 0.25) is 5.91 Å². The second-order valence-corrected chi connectivity index (χ2v) is 8.11. The summed E-state index contributed by atoms with van der Waals surface area (Å²) >= 11 is 0. The Bertz CT molecular complexity index is 484. The molecule has 2 aliphatic heterocycles. The van der Waals surface area contributed by atoms with Crippen molar-refractivity contribution in [3.8, 4) is 0 Å². The average Bonchev–Trinajstić information content (AvgIpc) is 2.52. The maximum absolute atomic E-state index is 11.4. The molecule has 7 heteroatoms. The van der Waals surface area contributed by atoms with E-state index in [4.69, 9.17) is 4.99 Å². The zero-order chi connectivity index (χ0) is 18.0. The lowest BCUT2D eigenvalue weighted by molar-refractivity contribution is -0.130. The summed E-state index contributed by atoms with van der Waals surface area (Å²) in [6.45, 7) is 20.3. The molecular formula is C18H36IN5O. The molecule has 1 amide bonds. The summed E-state index contributed by atoms with van der Waals surface area (Å²) in [6, 6.07) is 0. The Morgan fingerprint density at radius 1 is 1.12 bits per heavy atom. The highest BCUT2D eigenvalue weighted by molar-refractivity contribution is 14.0. The molecule has 0 aromatic heterocycles. The predicted octanol–water partition coefficient (Wildman–Crippen LogP) is 1.85. The summed E-state index contributed by atoms with van der Waals surface area (Å²) in [7, 11) is 0. The number of piperazine rings is 1. The average molecular weight is 465 g/mol. The van der Waals surface area contributed by atoms with Crippen LogP contribution in [0.25, 0.3) is 0 Å². The van der Waals surface area contributed by atoms with Crippen molar-refractivity contribution in [3.63, 3.8) is 0 Å². The molecule has 0 aromatic carbocycles. The molecule has 2 aliphatic rings. The Labute approximate surface area is 170 Å². The molecule has 0 spiro atoms. The molecule has 0 unspecified atom stereocenters. The molecule has 6 nitrogen and oxygen atoms in total. The third kappa shape index (κ3) is 4.99. The van der Waals surface area contributed by atoms with Gasteiger partial charge in [0.05, 0.1) is 6.54 Å². The van der Waals surface area contributed by atoms with Gasteiger partial charge in [0.1, 0.15) is 0 Å². The van der Waals surface area contributed by atoms with Crippen molar-refractivity contribution in [1.29, 1.82) is 0 Å². The molecule has 0 aromatic rings. The minimum absolute atomic E-state index is 0. The van der Waals surface area contributed by atoms with Crippen LogP contribution >= 0.6 is 24.0 Å². The first-order chi connectivity index (χ1) is 11.2. The Kier molecular flexibility index (Phi) is 7.98. The Morgan fingerprint density at radius 2 is 1.72 bits per heavy atom. The number of rotatable bonds is 4. The number of amides is 1. The van der Waals surface area contributed by atoms with Gasteiger partial charge in [0.25, 0.3) is 0 Å². The van der Waals surface area contributed by atoms with E-state index in [1.165, 1.54) is 0 Å². The van der Waals surface area contributed by atoms with E-state index in [0.717, 1.165) is 58.3 Å². The Morgan fingerprint density at radius 3 is 2.16 bits per heavy atom. The highest BCUT2D eigenvalue weighted by Crippen LogP contribution is 2.46. The van der Waals surface area contributed by atoms with Crippen LogP contribution in [0.1, 0.15) is 41.5 Å². The van der Waals surface area contributed by atoms with E-state index in [2.05, 4.69) is 49.7 Å². The number of halogens is 1. The SMILES string of the molecule is CCNC(=NCCN1CCN(C(C)=O)CC1)N1CC(C)(C)C1(C)C.I. The first-order valence-corrected chi connectivity index (χ1v) is 9.23. The summed E-state index contributed by atoms with van der Waals surface area (Å²) in [5.41, 5.74) is 0.438. The second-order valence-electron chi connectivity index (χ2n) is 8.11. The molecule has 0 bridgehead atoms.